The molecule has 1 atom stereocenters. The molecule has 0 aromatic rings. The summed E-state index contributed by atoms with van der Waals surface area (Å²) in [6.07, 6.45) is 0. The lowest BCUT2D eigenvalue weighted by Gasteiger charge is -2.30. The van der Waals surface area contributed by atoms with Crippen LogP contribution in [0.5, 0.6) is 0 Å². The maximum absolute atomic E-state index is 10.9. The molecule has 1 aliphatic rings. The van der Waals surface area contributed by atoms with Crippen molar-refractivity contribution in [2.75, 3.05) is 26.8 Å². The molecule has 1 fully saturated rings. The van der Waals surface area contributed by atoms with E-state index in [2.05, 4.69) is 0 Å². The SMILES string of the molecule is CC(=O)C1COCCN1C. The number of carbonyl (C=O) groups is 1. The predicted molar refractivity (Wildman–Crippen MR) is 37.9 cm³/mol. The average Bonchev–Trinajstić information content (AvgIpc) is 1.88. The Morgan fingerprint density at radius 2 is 2.40 bits per heavy atom. The van der Waals surface area contributed by atoms with Gasteiger partial charge in [-0.2, -0.15) is 0 Å². The Morgan fingerprint density at radius 3 is 2.80 bits per heavy atom. The topological polar surface area (TPSA) is 29.5 Å². The Kier molecular flexibility index (Phi) is 2.40. The molecule has 1 heterocycles. The summed E-state index contributed by atoms with van der Waals surface area (Å²) in [5.74, 6) is 0.196. The number of nitrogens with zero attached hydrogens (tertiary/aromatic N) is 1. The molecule has 1 rings (SSSR count). The normalized spacial score (nSPS) is 28.4. The molecule has 0 aromatic heterocycles. The van der Waals surface area contributed by atoms with E-state index in [-0.39, 0.29) is 11.8 Å². The molecule has 1 unspecified atom stereocenters. The lowest BCUT2D eigenvalue weighted by molar-refractivity contribution is -0.126. The second kappa shape index (κ2) is 3.12. The first kappa shape index (κ1) is 7.69. The van der Waals surface area contributed by atoms with Crippen LogP contribution < -0.4 is 0 Å². The monoisotopic (exact) mass is 143 g/mol. The second-order valence-electron chi connectivity index (χ2n) is 2.68. The third kappa shape index (κ3) is 1.55. The number of ketones is 1. The van der Waals surface area contributed by atoms with Crippen molar-refractivity contribution in [3.63, 3.8) is 0 Å². The zero-order chi connectivity index (χ0) is 7.56. The van der Waals surface area contributed by atoms with E-state index in [9.17, 15) is 4.79 Å². The van der Waals surface area contributed by atoms with Gasteiger partial charge in [-0.1, -0.05) is 0 Å². The van der Waals surface area contributed by atoms with Gasteiger partial charge in [0.2, 0.25) is 0 Å². The Balaban J connectivity index is 2.47. The van der Waals surface area contributed by atoms with Crippen molar-refractivity contribution in [3.05, 3.63) is 0 Å². The fraction of sp³-hybridized carbons (Fsp3) is 0.857. The molecule has 1 saturated heterocycles. The Morgan fingerprint density at radius 1 is 1.70 bits per heavy atom. The summed E-state index contributed by atoms with van der Waals surface area (Å²) in [6.45, 7) is 3.78. The van der Waals surface area contributed by atoms with Crippen LogP contribution in [0.25, 0.3) is 0 Å². The quantitative estimate of drug-likeness (QED) is 0.513. The highest BCUT2D eigenvalue weighted by molar-refractivity contribution is 5.81. The smallest absolute Gasteiger partial charge is 0.149 e. The lowest BCUT2D eigenvalue weighted by Crippen LogP contribution is -2.46. The Bertz CT molecular complexity index is 136. The van der Waals surface area contributed by atoms with Crippen LogP contribution in [0.3, 0.4) is 0 Å². The highest BCUT2D eigenvalue weighted by Gasteiger charge is 2.22. The van der Waals surface area contributed by atoms with Crippen molar-refractivity contribution >= 4 is 5.78 Å². The zero-order valence-electron chi connectivity index (χ0n) is 6.46. The van der Waals surface area contributed by atoms with E-state index < -0.39 is 0 Å². The minimum absolute atomic E-state index is 0.00579. The number of hydrogen-bond donors (Lipinski definition) is 0. The number of morpholine rings is 1. The molecular weight excluding hydrogens is 130 g/mol. The maximum Gasteiger partial charge on any atom is 0.149 e. The van der Waals surface area contributed by atoms with Gasteiger partial charge in [0.15, 0.2) is 0 Å². The summed E-state index contributed by atoms with van der Waals surface area (Å²) in [6, 6.07) is -0.00579. The van der Waals surface area contributed by atoms with Gasteiger partial charge in [0, 0.05) is 6.54 Å². The van der Waals surface area contributed by atoms with E-state index in [1.807, 2.05) is 11.9 Å². The number of likely N-dealkylation sites (N-methyl/N-ethyl adjacent to an activating group) is 1. The van der Waals surface area contributed by atoms with Crippen LogP contribution in [-0.4, -0.2) is 43.5 Å². The maximum atomic E-state index is 10.9. The van der Waals surface area contributed by atoms with Crippen molar-refractivity contribution in [3.8, 4) is 0 Å². The summed E-state index contributed by atoms with van der Waals surface area (Å²) in [4.78, 5) is 12.9. The second-order valence-corrected chi connectivity index (χ2v) is 2.68. The Labute approximate surface area is 61.0 Å². The van der Waals surface area contributed by atoms with Gasteiger partial charge < -0.3 is 4.74 Å². The largest absolute Gasteiger partial charge is 0.378 e. The van der Waals surface area contributed by atoms with E-state index in [0.29, 0.717) is 6.61 Å². The van der Waals surface area contributed by atoms with E-state index in [0.717, 1.165) is 13.2 Å². The molecule has 0 radical (unpaired) electrons. The summed E-state index contributed by atoms with van der Waals surface area (Å²) in [5, 5.41) is 0. The van der Waals surface area contributed by atoms with E-state index >= 15 is 0 Å². The fourth-order valence-electron chi connectivity index (χ4n) is 1.11. The summed E-state index contributed by atoms with van der Waals surface area (Å²) in [7, 11) is 1.95. The van der Waals surface area contributed by atoms with Crippen LogP contribution >= 0.6 is 0 Å². The van der Waals surface area contributed by atoms with Crippen LogP contribution in [0.1, 0.15) is 6.92 Å². The van der Waals surface area contributed by atoms with E-state index in [1.165, 1.54) is 0 Å². The van der Waals surface area contributed by atoms with E-state index in [4.69, 9.17) is 4.74 Å². The molecule has 0 saturated carbocycles. The van der Waals surface area contributed by atoms with Crippen LogP contribution in [0, 0.1) is 0 Å². The molecule has 0 aromatic carbocycles. The summed E-state index contributed by atoms with van der Waals surface area (Å²) in [5.41, 5.74) is 0. The third-order valence-corrected chi connectivity index (χ3v) is 1.87. The predicted octanol–water partition coefficient (Wildman–Crippen LogP) is -0.0940. The van der Waals surface area contributed by atoms with Gasteiger partial charge in [0.05, 0.1) is 19.3 Å². The average molecular weight is 143 g/mol. The zero-order valence-corrected chi connectivity index (χ0v) is 6.46. The number of rotatable bonds is 1. The number of Topliss-reactive ketones (excluding diaryl/α,β-unsaturated/α-hetero) is 1. The van der Waals surface area contributed by atoms with Gasteiger partial charge in [-0.3, -0.25) is 9.69 Å². The van der Waals surface area contributed by atoms with Gasteiger partial charge in [-0.05, 0) is 14.0 Å². The first-order valence-corrected chi connectivity index (χ1v) is 3.50. The van der Waals surface area contributed by atoms with Gasteiger partial charge >= 0.3 is 0 Å². The number of ether oxygens (including phenoxy) is 1. The molecular formula is C7H13NO2. The molecule has 3 heteroatoms. The molecule has 1 aliphatic heterocycles. The molecule has 0 amide bonds. The minimum Gasteiger partial charge on any atom is -0.378 e. The first-order valence-electron chi connectivity index (χ1n) is 3.50. The minimum atomic E-state index is -0.00579. The summed E-state index contributed by atoms with van der Waals surface area (Å²) < 4.78 is 5.15. The lowest BCUT2D eigenvalue weighted by atomic mass is 10.2. The van der Waals surface area contributed by atoms with E-state index in [1.54, 1.807) is 6.92 Å². The van der Waals surface area contributed by atoms with Crippen molar-refractivity contribution in [2.24, 2.45) is 0 Å². The van der Waals surface area contributed by atoms with Crippen LogP contribution in [-0.2, 0) is 9.53 Å². The third-order valence-electron chi connectivity index (χ3n) is 1.87. The highest BCUT2D eigenvalue weighted by Crippen LogP contribution is 2.03. The van der Waals surface area contributed by atoms with Crippen molar-refractivity contribution in [1.82, 2.24) is 4.90 Å². The molecule has 0 bridgehead atoms. The standard InChI is InChI=1S/C7H13NO2/c1-6(9)7-5-10-4-3-8(7)2/h7H,3-5H2,1-2H3. The highest BCUT2D eigenvalue weighted by atomic mass is 16.5. The van der Waals surface area contributed by atoms with Gasteiger partial charge in [0.1, 0.15) is 5.78 Å². The molecule has 0 N–H and O–H groups in total. The van der Waals surface area contributed by atoms with Crippen molar-refractivity contribution < 1.29 is 9.53 Å². The number of carbonyl (C=O) groups excluding carboxylic acids is 1. The first-order chi connectivity index (χ1) is 4.72. The molecule has 3 nitrogen and oxygen atoms in total. The van der Waals surface area contributed by atoms with Crippen molar-refractivity contribution in [2.45, 2.75) is 13.0 Å². The molecule has 10 heavy (non-hydrogen) atoms. The van der Waals surface area contributed by atoms with Crippen LogP contribution in [0.2, 0.25) is 0 Å². The molecule has 58 valence electrons. The van der Waals surface area contributed by atoms with Gasteiger partial charge in [0.25, 0.3) is 0 Å². The molecule has 0 aliphatic carbocycles. The van der Waals surface area contributed by atoms with Crippen LogP contribution in [0.15, 0.2) is 0 Å². The summed E-state index contributed by atoms with van der Waals surface area (Å²) >= 11 is 0. The fourth-order valence-corrected chi connectivity index (χ4v) is 1.11. The number of hydrogen-bond acceptors (Lipinski definition) is 3. The van der Waals surface area contributed by atoms with Crippen molar-refractivity contribution in [1.29, 1.82) is 0 Å². The molecule has 0 spiro atoms. The van der Waals surface area contributed by atoms with Crippen LogP contribution in [0.4, 0.5) is 0 Å². The Hall–Kier alpha value is -0.410. The van der Waals surface area contributed by atoms with Gasteiger partial charge in [-0.25, -0.2) is 0 Å². The van der Waals surface area contributed by atoms with Gasteiger partial charge in [-0.15, -0.1) is 0 Å².